The Morgan fingerprint density at radius 1 is 1.16 bits per heavy atom. The predicted octanol–water partition coefficient (Wildman–Crippen LogP) is 3.71. The molecule has 3 unspecified atom stereocenters. The van der Waals surface area contributed by atoms with Gasteiger partial charge in [-0.25, -0.2) is 0 Å². The van der Waals surface area contributed by atoms with Crippen molar-refractivity contribution < 1.29 is 0 Å². The van der Waals surface area contributed by atoms with Crippen molar-refractivity contribution in [2.45, 2.75) is 58.5 Å². The molecule has 0 aliphatic carbocycles. The highest BCUT2D eigenvalue weighted by Gasteiger charge is 2.31. The molecule has 2 saturated heterocycles. The minimum atomic E-state index is 0.531. The first-order chi connectivity index (χ1) is 12.2. The highest BCUT2D eigenvalue weighted by molar-refractivity contribution is 5.26. The van der Waals surface area contributed by atoms with Crippen molar-refractivity contribution in [3.05, 3.63) is 35.4 Å². The van der Waals surface area contributed by atoms with E-state index in [1.165, 1.54) is 56.6 Å². The Morgan fingerprint density at radius 3 is 2.64 bits per heavy atom. The molecule has 3 rings (SSSR count). The number of aryl methyl sites for hydroxylation is 1. The topological polar surface area (TPSA) is 18.5 Å². The van der Waals surface area contributed by atoms with Crippen LogP contribution >= 0.6 is 0 Å². The van der Waals surface area contributed by atoms with E-state index < -0.39 is 0 Å². The minimum absolute atomic E-state index is 0.531. The van der Waals surface area contributed by atoms with E-state index in [0.29, 0.717) is 12.1 Å². The first kappa shape index (κ1) is 18.9. The zero-order chi connectivity index (χ0) is 17.6. The summed E-state index contributed by atoms with van der Waals surface area (Å²) in [6, 6.07) is 10.7. The van der Waals surface area contributed by atoms with Crippen LogP contribution in [0.3, 0.4) is 0 Å². The number of piperidine rings is 1. The van der Waals surface area contributed by atoms with Crippen molar-refractivity contribution in [3.8, 4) is 0 Å². The van der Waals surface area contributed by atoms with Gasteiger partial charge in [0.1, 0.15) is 0 Å². The number of benzene rings is 1. The lowest BCUT2D eigenvalue weighted by molar-refractivity contribution is 0.0619. The van der Waals surface area contributed by atoms with Crippen LogP contribution in [0.15, 0.2) is 24.3 Å². The van der Waals surface area contributed by atoms with E-state index >= 15 is 0 Å². The Hall–Kier alpha value is -0.900. The van der Waals surface area contributed by atoms with E-state index in [9.17, 15) is 0 Å². The smallest absolute Gasteiger partial charge is 0.0479 e. The maximum atomic E-state index is 3.60. The summed E-state index contributed by atoms with van der Waals surface area (Å²) < 4.78 is 0. The number of hydrogen-bond donors (Lipinski definition) is 1. The van der Waals surface area contributed by atoms with Crippen LogP contribution in [0.5, 0.6) is 0 Å². The summed E-state index contributed by atoms with van der Waals surface area (Å²) in [4.78, 5) is 5.51. The molecule has 1 aromatic carbocycles. The van der Waals surface area contributed by atoms with Gasteiger partial charge in [0.25, 0.3) is 0 Å². The van der Waals surface area contributed by atoms with Crippen molar-refractivity contribution in [3.63, 3.8) is 0 Å². The largest absolute Gasteiger partial charge is 0.314 e. The van der Waals surface area contributed by atoms with Gasteiger partial charge in [-0.15, -0.1) is 0 Å². The summed E-state index contributed by atoms with van der Waals surface area (Å²) in [6.07, 6.45) is 5.12. The van der Waals surface area contributed by atoms with Gasteiger partial charge in [-0.2, -0.15) is 0 Å². The summed E-state index contributed by atoms with van der Waals surface area (Å²) in [5.74, 6) is 0.849. The number of nitrogens with one attached hydrogen (secondary N) is 1. The number of piperazine rings is 1. The van der Waals surface area contributed by atoms with E-state index in [1.807, 2.05) is 0 Å². The third-order valence-corrected chi connectivity index (χ3v) is 6.21. The van der Waals surface area contributed by atoms with E-state index in [1.54, 1.807) is 0 Å². The van der Waals surface area contributed by atoms with Gasteiger partial charge in [0.2, 0.25) is 0 Å². The lowest BCUT2D eigenvalue weighted by atomic mass is 9.96. The van der Waals surface area contributed by atoms with Crippen molar-refractivity contribution in [2.75, 3.05) is 39.3 Å². The molecule has 2 aliphatic rings. The Morgan fingerprint density at radius 2 is 1.96 bits per heavy atom. The SMILES string of the molecule is CCc1ccc(C(CN2CCCC(C)C2)N2CCNCC2CC)cc1. The zero-order valence-corrected chi connectivity index (χ0v) is 16.5. The Kier molecular flexibility index (Phi) is 6.92. The zero-order valence-electron chi connectivity index (χ0n) is 16.5. The summed E-state index contributed by atoms with van der Waals surface area (Å²) in [5, 5.41) is 3.60. The lowest BCUT2D eigenvalue weighted by Crippen LogP contribution is -2.54. The molecule has 0 aromatic heterocycles. The van der Waals surface area contributed by atoms with Gasteiger partial charge in [0.15, 0.2) is 0 Å². The second kappa shape index (κ2) is 9.16. The van der Waals surface area contributed by atoms with Gasteiger partial charge in [0, 0.05) is 44.8 Å². The van der Waals surface area contributed by atoms with Crippen LogP contribution in [0.4, 0.5) is 0 Å². The van der Waals surface area contributed by atoms with E-state index in [-0.39, 0.29) is 0 Å². The second-order valence-corrected chi connectivity index (χ2v) is 8.12. The molecule has 0 amide bonds. The molecule has 1 aromatic rings. The second-order valence-electron chi connectivity index (χ2n) is 8.12. The molecule has 1 N–H and O–H groups in total. The van der Waals surface area contributed by atoms with Crippen molar-refractivity contribution in [2.24, 2.45) is 5.92 Å². The molecule has 0 bridgehead atoms. The van der Waals surface area contributed by atoms with E-state index in [2.05, 4.69) is 60.2 Å². The van der Waals surface area contributed by atoms with Crippen LogP contribution in [0.25, 0.3) is 0 Å². The molecule has 2 heterocycles. The van der Waals surface area contributed by atoms with Gasteiger partial charge in [-0.05, 0) is 49.3 Å². The molecule has 2 fully saturated rings. The molecule has 0 saturated carbocycles. The summed E-state index contributed by atoms with van der Waals surface area (Å²) in [7, 11) is 0. The quantitative estimate of drug-likeness (QED) is 0.849. The molecule has 140 valence electrons. The fraction of sp³-hybridized carbons (Fsp3) is 0.727. The van der Waals surface area contributed by atoms with E-state index in [0.717, 1.165) is 25.4 Å². The normalized spacial score (nSPS) is 27.3. The monoisotopic (exact) mass is 343 g/mol. The maximum Gasteiger partial charge on any atom is 0.0479 e. The summed E-state index contributed by atoms with van der Waals surface area (Å²) in [5.41, 5.74) is 2.96. The highest BCUT2D eigenvalue weighted by atomic mass is 15.3. The predicted molar refractivity (Wildman–Crippen MR) is 107 cm³/mol. The molecule has 25 heavy (non-hydrogen) atoms. The minimum Gasteiger partial charge on any atom is -0.314 e. The van der Waals surface area contributed by atoms with E-state index in [4.69, 9.17) is 0 Å². The fourth-order valence-corrected chi connectivity index (χ4v) is 4.64. The first-order valence-electron chi connectivity index (χ1n) is 10.5. The molecule has 3 nitrogen and oxygen atoms in total. The van der Waals surface area contributed by atoms with Crippen LogP contribution in [-0.2, 0) is 6.42 Å². The van der Waals surface area contributed by atoms with Gasteiger partial charge in [-0.1, -0.05) is 45.0 Å². The van der Waals surface area contributed by atoms with Crippen LogP contribution in [0.1, 0.15) is 57.2 Å². The molecule has 3 atom stereocenters. The van der Waals surface area contributed by atoms with Crippen LogP contribution in [0.2, 0.25) is 0 Å². The van der Waals surface area contributed by atoms with Gasteiger partial charge >= 0.3 is 0 Å². The number of nitrogens with zero attached hydrogens (tertiary/aromatic N) is 2. The summed E-state index contributed by atoms with van der Waals surface area (Å²) >= 11 is 0. The molecular formula is C22H37N3. The Balaban J connectivity index is 1.81. The van der Waals surface area contributed by atoms with Crippen LogP contribution in [0, 0.1) is 5.92 Å². The van der Waals surface area contributed by atoms with Gasteiger partial charge < -0.3 is 10.2 Å². The number of likely N-dealkylation sites (tertiary alicyclic amines) is 1. The standard InChI is InChI=1S/C22H37N3/c1-4-19-8-10-20(11-9-19)22(17-24-13-6-7-18(3)16-24)25-14-12-23-15-21(25)5-2/h8-11,18,21-23H,4-7,12-17H2,1-3H3. The van der Waals surface area contributed by atoms with Crippen LogP contribution in [-0.4, -0.2) is 55.1 Å². The molecule has 0 radical (unpaired) electrons. The first-order valence-corrected chi connectivity index (χ1v) is 10.5. The van der Waals surface area contributed by atoms with Gasteiger partial charge in [-0.3, -0.25) is 4.90 Å². The average Bonchev–Trinajstić information content (AvgIpc) is 2.66. The summed E-state index contributed by atoms with van der Waals surface area (Å²) in [6.45, 7) is 14.2. The van der Waals surface area contributed by atoms with Crippen molar-refractivity contribution in [1.82, 2.24) is 15.1 Å². The fourth-order valence-electron chi connectivity index (χ4n) is 4.64. The molecule has 2 aliphatic heterocycles. The van der Waals surface area contributed by atoms with Gasteiger partial charge in [0.05, 0.1) is 0 Å². The lowest BCUT2D eigenvalue weighted by Gasteiger charge is -2.44. The van der Waals surface area contributed by atoms with Crippen molar-refractivity contribution >= 4 is 0 Å². The van der Waals surface area contributed by atoms with Crippen molar-refractivity contribution in [1.29, 1.82) is 0 Å². The number of rotatable bonds is 6. The molecule has 0 spiro atoms. The molecule has 3 heteroatoms. The third kappa shape index (κ3) is 4.84. The maximum absolute atomic E-state index is 3.60. The highest BCUT2D eigenvalue weighted by Crippen LogP contribution is 2.28. The number of hydrogen-bond acceptors (Lipinski definition) is 3. The van der Waals surface area contributed by atoms with Crippen LogP contribution < -0.4 is 5.32 Å². The third-order valence-electron chi connectivity index (χ3n) is 6.21. The Bertz CT molecular complexity index is 513. The Labute approximate surface area is 154 Å². The molecular weight excluding hydrogens is 306 g/mol. The average molecular weight is 344 g/mol.